The average molecular weight is 337 g/mol. The molecule has 5 nitrogen and oxygen atoms in total. The second-order valence-corrected chi connectivity index (χ2v) is 6.41. The maximum absolute atomic E-state index is 13.3. The van der Waals surface area contributed by atoms with Gasteiger partial charge in [-0.2, -0.15) is 5.10 Å². The molecule has 2 aromatic rings. The summed E-state index contributed by atoms with van der Waals surface area (Å²) < 4.78 is 34.0. The van der Waals surface area contributed by atoms with Crippen molar-refractivity contribution in [1.29, 1.82) is 0 Å². The third kappa shape index (κ3) is 3.48. The number of hydrogen-bond donors (Lipinski definition) is 1. The van der Waals surface area contributed by atoms with Crippen molar-refractivity contribution in [2.75, 3.05) is 26.2 Å². The van der Waals surface area contributed by atoms with Crippen LogP contribution in [0.2, 0.25) is 0 Å². The Kier molecular flexibility index (Phi) is 4.67. The van der Waals surface area contributed by atoms with Crippen LogP contribution in [0.1, 0.15) is 24.2 Å². The van der Waals surface area contributed by atoms with Crippen LogP contribution >= 0.6 is 0 Å². The average Bonchev–Trinajstić information content (AvgIpc) is 2.97. The highest BCUT2D eigenvalue weighted by molar-refractivity contribution is 5.21. The minimum atomic E-state index is -0.950. The van der Waals surface area contributed by atoms with Crippen LogP contribution in [0.15, 0.2) is 30.6 Å². The summed E-state index contributed by atoms with van der Waals surface area (Å²) in [7, 11) is 1.85. The molecule has 2 heterocycles. The van der Waals surface area contributed by atoms with Gasteiger partial charge in [-0.25, -0.2) is 8.78 Å². The molecule has 0 spiro atoms. The molecule has 0 saturated carbocycles. The van der Waals surface area contributed by atoms with Gasteiger partial charge in [-0.3, -0.25) is 9.58 Å². The summed E-state index contributed by atoms with van der Waals surface area (Å²) >= 11 is 0. The first-order valence-electron chi connectivity index (χ1n) is 7.86. The molecule has 0 radical (unpaired) electrons. The lowest BCUT2D eigenvalue weighted by Crippen LogP contribution is -2.49. The van der Waals surface area contributed by atoms with Gasteiger partial charge in [-0.1, -0.05) is 6.07 Å². The summed E-state index contributed by atoms with van der Waals surface area (Å²) in [4.78, 5) is 2.06. The van der Waals surface area contributed by atoms with E-state index in [0.29, 0.717) is 31.8 Å². The van der Waals surface area contributed by atoms with Crippen molar-refractivity contribution in [2.24, 2.45) is 7.05 Å². The Morgan fingerprint density at radius 1 is 1.38 bits per heavy atom. The van der Waals surface area contributed by atoms with E-state index in [1.54, 1.807) is 10.9 Å². The second-order valence-electron chi connectivity index (χ2n) is 6.41. The zero-order valence-electron chi connectivity index (χ0n) is 13.7. The molecule has 1 saturated heterocycles. The third-order valence-electron chi connectivity index (χ3n) is 4.43. The quantitative estimate of drug-likeness (QED) is 0.927. The highest BCUT2D eigenvalue weighted by atomic mass is 19.2. The van der Waals surface area contributed by atoms with Crippen LogP contribution in [0.3, 0.4) is 0 Å². The van der Waals surface area contributed by atoms with Crippen LogP contribution in [-0.2, 0) is 17.4 Å². The molecule has 7 heteroatoms. The molecule has 1 aromatic carbocycles. The Labute approximate surface area is 139 Å². The van der Waals surface area contributed by atoms with Gasteiger partial charge in [-0.05, 0) is 24.6 Å². The summed E-state index contributed by atoms with van der Waals surface area (Å²) in [6.07, 6.45) is 2.79. The van der Waals surface area contributed by atoms with Crippen molar-refractivity contribution in [3.63, 3.8) is 0 Å². The molecule has 1 fully saturated rings. The fourth-order valence-corrected chi connectivity index (χ4v) is 3.05. The van der Waals surface area contributed by atoms with Gasteiger partial charge < -0.3 is 9.84 Å². The van der Waals surface area contributed by atoms with Crippen molar-refractivity contribution in [1.82, 2.24) is 14.7 Å². The Hall–Kier alpha value is -1.83. The standard InChI is InChI=1S/C17H21F2N3O2/c1-17(13-8-20-21(2)9-13)11-22(5-6-24-17)10-16(23)12-3-4-14(18)15(19)7-12/h3-4,7-9,16,23H,5-6,10-11H2,1-2H3. The van der Waals surface area contributed by atoms with Crippen molar-refractivity contribution >= 4 is 0 Å². The molecular formula is C17H21F2N3O2. The minimum absolute atomic E-state index is 0.324. The number of aromatic nitrogens is 2. The molecule has 2 unspecified atom stereocenters. The van der Waals surface area contributed by atoms with Crippen LogP contribution in [-0.4, -0.2) is 46.0 Å². The van der Waals surface area contributed by atoms with Gasteiger partial charge in [0.05, 0.1) is 18.9 Å². The van der Waals surface area contributed by atoms with E-state index < -0.39 is 23.3 Å². The van der Waals surface area contributed by atoms with E-state index in [4.69, 9.17) is 4.74 Å². The summed E-state index contributed by atoms with van der Waals surface area (Å²) in [5, 5.41) is 14.5. The topological polar surface area (TPSA) is 50.5 Å². The molecule has 0 amide bonds. The summed E-state index contributed by atoms with van der Waals surface area (Å²) in [6.45, 7) is 4.08. The maximum atomic E-state index is 13.3. The van der Waals surface area contributed by atoms with E-state index in [1.807, 2.05) is 20.2 Å². The number of morpholine rings is 1. The van der Waals surface area contributed by atoms with E-state index in [-0.39, 0.29) is 0 Å². The zero-order chi connectivity index (χ0) is 17.3. The van der Waals surface area contributed by atoms with Gasteiger partial charge in [0.15, 0.2) is 11.6 Å². The van der Waals surface area contributed by atoms with Crippen LogP contribution in [0.4, 0.5) is 8.78 Å². The van der Waals surface area contributed by atoms with Gasteiger partial charge in [0.2, 0.25) is 0 Å². The van der Waals surface area contributed by atoms with Crippen molar-refractivity contribution in [2.45, 2.75) is 18.6 Å². The summed E-state index contributed by atoms with van der Waals surface area (Å²) in [6, 6.07) is 3.48. The summed E-state index contributed by atoms with van der Waals surface area (Å²) in [5.74, 6) is -1.87. The first-order valence-corrected chi connectivity index (χ1v) is 7.86. The number of ether oxygens (including phenoxy) is 1. The van der Waals surface area contributed by atoms with Gasteiger partial charge >= 0.3 is 0 Å². The highest BCUT2D eigenvalue weighted by Gasteiger charge is 2.35. The number of aryl methyl sites for hydroxylation is 1. The lowest BCUT2D eigenvalue weighted by molar-refractivity contribution is -0.109. The lowest BCUT2D eigenvalue weighted by Gasteiger charge is -2.40. The predicted octanol–water partition coefficient (Wildman–Crippen LogP) is 1.98. The fourth-order valence-electron chi connectivity index (χ4n) is 3.05. The van der Waals surface area contributed by atoms with Crippen LogP contribution in [0, 0.1) is 11.6 Å². The number of benzene rings is 1. The predicted molar refractivity (Wildman–Crippen MR) is 84.3 cm³/mol. The molecule has 24 heavy (non-hydrogen) atoms. The van der Waals surface area contributed by atoms with Gasteiger partial charge in [0, 0.05) is 38.4 Å². The molecule has 130 valence electrons. The number of aliphatic hydroxyl groups excluding tert-OH is 1. The highest BCUT2D eigenvalue weighted by Crippen LogP contribution is 2.30. The van der Waals surface area contributed by atoms with E-state index in [9.17, 15) is 13.9 Å². The normalized spacial score (nSPS) is 23.4. The Bertz CT molecular complexity index is 722. The molecule has 0 bridgehead atoms. The lowest BCUT2D eigenvalue weighted by atomic mass is 9.96. The van der Waals surface area contributed by atoms with Crippen molar-refractivity contribution in [3.05, 3.63) is 53.4 Å². The Balaban J connectivity index is 1.69. The molecule has 3 rings (SSSR count). The monoisotopic (exact) mass is 337 g/mol. The maximum Gasteiger partial charge on any atom is 0.159 e. The van der Waals surface area contributed by atoms with E-state index >= 15 is 0 Å². The Morgan fingerprint density at radius 2 is 2.17 bits per heavy atom. The molecule has 1 aliphatic heterocycles. The SMILES string of the molecule is Cn1cc(C2(C)CN(CC(O)c3ccc(F)c(F)c3)CCO2)cn1. The number of halogens is 2. The van der Waals surface area contributed by atoms with Crippen molar-refractivity contribution in [3.8, 4) is 0 Å². The number of hydrogen-bond acceptors (Lipinski definition) is 4. The van der Waals surface area contributed by atoms with Gasteiger partial charge in [-0.15, -0.1) is 0 Å². The van der Waals surface area contributed by atoms with Gasteiger partial charge in [0.1, 0.15) is 5.60 Å². The van der Waals surface area contributed by atoms with Crippen LogP contribution in [0.5, 0.6) is 0 Å². The second kappa shape index (κ2) is 6.58. The van der Waals surface area contributed by atoms with E-state index in [0.717, 1.165) is 17.7 Å². The minimum Gasteiger partial charge on any atom is -0.387 e. The zero-order valence-corrected chi connectivity index (χ0v) is 13.7. The molecule has 1 aliphatic rings. The number of aliphatic hydroxyl groups is 1. The fraction of sp³-hybridized carbons (Fsp3) is 0.471. The van der Waals surface area contributed by atoms with Crippen molar-refractivity contribution < 1.29 is 18.6 Å². The van der Waals surface area contributed by atoms with E-state index in [1.165, 1.54) is 6.07 Å². The molecule has 2 atom stereocenters. The molecule has 1 N–H and O–H groups in total. The largest absolute Gasteiger partial charge is 0.387 e. The molecule has 0 aliphatic carbocycles. The number of rotatable bonds is 4. The van der Waals surface area contributed by atoms with Crippen LogP contribution < -0.4 is 0 Å². The first kappa shape index (κ1) is 17.0. The summed E-state index contributed by atoms with van der Waals surface area (Å²) in [5.41, 5.74) is 0.820. The molecular weight excluding hydrogens is 316 g/mol. The smallest absolute Gasteiger partial charge is 0.159 e. The first-order chi connectivity index (χ1) is 11.4. The number of β-amino-alcohol motifs (C(OH)–C–C–N with tert-alkyl or cyclic N) is 1. The molecule has 1 aromatic heterocycles. The number of nitrogens with zero attached hydrogens (tertiary/aromatic N) is 3. The third-order valence-corrected chi connectivity index (χ3v) is 4.43. The van der Waals surface area contributed by atoms with E-state index in [2.05, 4.69) is 10.00 Å². The van der Waals surface area contributed by atoms with Crippen LogP contribution in [0.25, 0.3) is 0 Å². The Morgan fingerprint density at radius 3 is 2.83 bits per heavy atom. The van der Waals surface area contributed by atoms with Gasteiger partial charge in [0.25, 0.3) is 0 Å².